The van der Waals surface area contributed by atoms with Crippen molar-refractivity contribution in [2.45, 2.75) is 13.0 Å². The van der Waals surface area contributed by atoms with Gasteiger partial charge in [0.15, 0.2) is 0 Å². The number of nitrogens with zero attached hydrogens (tertiary/aromatic N) is 3. The molecule has 0 unspecified atom stereocenters. The number of piperazine rings is 1. The van der Waals surface area contributed by atoms with E-state index in [-0.39, 0.29) is 11.6 Å². The average molecular weight is 448 g/mol. The molecule has 1 amide bonds. The van der Waals surface area contributed by atoms with Crippen molar-refractivity contribution in [3.63, 3.8) is 0 Å². The standard InChI is InChI=1S/C22H29N3O5S/c1-17(22(26)24-14-12-23(13-15-24)18-8-6-5-7-9-18)25(31(4,27)28)20-16-19(29-2)10-11-21(20)30-3/h5-11,16-17H,12-15H2,1-4H3/t17-/m1/s1. The van der Waals surface area contributed by atoms with Crippen molar-refractivity contribution < 1.29 is 22.7 Å². The lowest BCUT2D eigenvalue weighted by Crippen LogP contribution is -2.55. The zero-order valence-corrected chi connectivity index (χ0v) is 19.1. The fraction of sp³-hybridized carbons (Fsp3) is 0.409. The number of anilines is 2. The van der Waals surface area contributed by atoms with Crippen molar-refractivity contribution in [1.29, 1.82) is 0 Å². The predicted molar refractivity (Wildman–Crippen MR) is 122 cm³/mol. The molecular formula is C22H29N3O5S. The Hall–Kier alpha value is -2.94. The van der Waals surface area contributed by atoms with Crippen molar-refractivity contribution in [3.05, 3.63) is 48.5 Å². The van der Waals surface area contributed by atoms with Crippen LogP contribution >= 0.6 is 0 Å². The van der Waals surface area contributed by atoms with Crippen molar-refractivity contribution >= 4 is 27.3 Å². The fourth-order valence-corrected chi connectivity index (χ4v) is 5.00. The van der Waals surface area contributed by atoms with Crippen molar-refractivity contribution in [2.24, 2.45) is 0 Å². The summed E-state index contributed by atoms with van der Waals surface area (Å²) in [7, 11) is -0.816. The van der Waals surface area contributed by atoms with E-state index in [1.54, 1.807) is 30.0 Å². The van der Waals surface area contributed by atoms with E-state index in [2.05, 4.69) is 4.90 Å². The summed E-state index contributed by atoms with van der Waals surface area (Å²) in [6.45, 7) is 4.01. The molecule has 0 bridgehead atoms. The molecule has 1 heterocycles. The summed E-state index contributed by atoms with van der Waals surface area (Å²) in [4.78, 5) is 17.2. The van der Waals surface area contributed by atoms with Crippen LogP contribution in [0.15, 0.2) is 48.5 Å². The molecule has 0 aliphatic carbocycles. The van der Waals surface area contributed by atoms with E-state index >= 15 is 0 Å². The minimum absolute atomic E-state index is 0.247. The molecule has 2 aromatic carbocycles. The number of carbonyl (C=O) groups excluding carboxylic acids is 1. The first kappa shape index (κ1) is 22.7. The van der Waals surface area contributed by atoms with Gasteiger partial charge in [0.25, 0.3) is 0 Å². The number of rotatable bonds is 7. The smallest absolute Gasteiger partial charge is 0.246 e. The maximum absolute atomic E-state index is 13.3. The van der Waals surface area contributed by atoms with Gasteiger partial charge in [0, 0.05) is 37.9 Å². The van der Waals surface area contributed by atoms with E-state index < -0.39 is 16.1 Å². The summed E-state index contributed by atoms with van der Waals surface area (Å²) < 4.78 is 37.2. The molecule has 1 fully saturated rings. The molecule has 2 aromatic rings. The lowest BCUT2D eigenvalue weighted by Gasteiger charge is -2.39. The molecule has 0 spiro atoms. The third-order valence-corrected chi connectivity index (χ3v) is 6.63. The molecule has 3 rings (SSSR count). The number of carbonyl (C=O) groups is 1. The summed E-state index contributed by atoms with van der Waals surface area (Å²) in [5, 5.41) is 0. The van der Waals surface area contributed by atoms with Crippen molar-refractivity contribution in [3.8, 4) is 11.5 Å². The van der Waals surface area contributed by atoms with Gasteiger partial charge in [-0.05, 0) is 31.2 Å². The van der Waals surface area contributed by atoms with E-state index in [0.717, 1.165) is 16.2 Å². The SMILES string of the molecule is COc1ccc(OC)c(N([C@H](C)C(=O)N2CCN(c3ccccc3)CC2)S(C)(=O)=O)c1. The molecule has 1 saturated heterocycles. The van der Waals surface area contributed by atoms with Gasteiger partial charge < -0.3 is 19.3 Å². The highest BCUT2D eigenvalue weighted by molar-refractivity contribution is 7.92. The fourth-order valence-electron chi connectivity index (χ4n) is 3.83. The number of methoxy groups -OCH3 is 2. The highest BCUT2D eigenvalue weighted by Crippen LogP contribution is 2.35. The maximum Gasteiger partial charge on any atom is 0.246 e. The number of hydrogen-bond acceptors (Lipinski definition) is 6. The van der Waals surface area contributed by atoms with Crippen LogP contribution in [-0.4, -0.2) is 71.9 Å². The van der Waals surface area contributed by atoms with E-state index in [0.29, 0.717) is 37.7 Å². The molecule has 0 radical (unpaired) electrons. The van der Waals surface area contributed by atoms with Gasteiger partial charge in [0.05, 0.1) is 26.2 Å². The maximum atomic E-state index is 13.3. The molecule has 9 heteroatoms. The Morgan fingerprint density at radius 3 is 2.19 bits per heavy atom. The Morgan fingerprint density at radius 1 is 1.00 bits per heavy atom. The zero-order valence-electron chi connectivity index (χ0n) is 18.3. The zero-order chi connectivity index (χ0) is 22.6. The minimum Gasteiger partial charge on any atom is -0.497 e. The molecule has 1 aliphatic heterocycles. The number of amides is 1. The first-order valence-electron chi connectivity index (χ1n) is 10.1. The van der Waals surface area contributed by atoms with Crippen LogP contribution in [0.25, 0.3) is 0 Å². The normalized spacial score (nSPS) is 15.4. The van der Waals surface area contributed by atoms with Crippen molar-refractivity contribution in [2.75, 3.05) is 55.9 Å². The number of para-hydroxylation sites is 1. The molecular weight excluding hydrogens is 418 g/mol. The molecule has 0 aromatic heterocycles. The molecule has 0 saturated carbocycles. The Balaban J connectivity index is 1.82. The first-order valence-corrected chi connectivity index (χ1v) is 11.9. The summed E-state index contributed by atoms with van der Waals surface area (Å²) >= 11 is 0. The van der Waals surface area contributed by atoms with E-state index in [1.165, 1.54) is 14.2 Å². The van der Waals surface area contributed by atoms with Gasteiger partial charge >= 0.3 is 0 Å². The van der Waals surface area contributed by atoms with Crippen LogP contribution in [0.4, 0.5) is 11.4 Å². The van der Waals surface area contributed by atoms with Gasteiger partial charge in [-0.15, -0.1) is 0 Å². The Morgan fingerprint density at radius 2 is 1.65 bits per heavy atom. The van der Waals surface area contributed by atoms with E-state index in [1.807, 2.05) is 30.3 Å². The highest BCUT2D eigenvalue weighted by atomic mass is 32.2. The number of hydrogen-bond donors (Lipinski definition) is 0. The Bertz CT molecular complexity index is 1010. The Labute approximate surface area is 184 Å². The third-order valence-electron chi connectivity index (χ3n) is 5.40. The quantitative estimate of drug-likeness (QED) is 0.648. The van der Waals surface area contributed by atoms with E-state index in [9.17, 15) is 13.2 Å². The number of sulfonamides is 1. The van der Waals surface area contributed by atoms with Crippen LogP contribution in [0.5, 0.6) is 11.5 Å². The number of benzene rings is 2. The van der Waals surface area contributed by atoms with Gasteiger partial charge in [-0.25, -0.2) is 8.42 Å². The number of ether oxygens (including phenoxy) is 2. The lowest BCUT2D eigenvalue weighted by molar-refractivity contribution is -0.132. The first-order chi connectivity index (χ1) is 14.8. The predicted octanol–water partition coefficient (Wildman–Crippen LogP) is 2.21. The molecule has 1 atom stereocenters. The second kappa shape index (κ2) is 9.47. The monoisotopic (exact) mass is 447 g/mol. The van der Waals surface area contributed by atoms with Gasteiger partial charge in [-0.2, -0.15) is 0 Å². The topological polar surface area (TPSA) is 79.4 Å². The van der Waals surface area contributed by atoms with Gasteiger partial charge in [0.1, 0.15) is 17.5 Å². The molecule has 168 valence electrons. The largest absolute Gasteiger partial charge is 0.497 e. The van der Waals surface area contributed by atoms with Crippen LogP contribution in [0.2, 0.25) is 0 Å². The molecule has 31 heavy (non-hydrogen) atoms. The van der Waals surface area contributed by atoms with Gasteiger partial charge in [-0.1, -0.05) is 18.2 Å². The summed E-state index contributed by atoms with van der Waals surface area (Å²) in [5.74, 6) is 0.573. The second-order valence-electron chi connectivity index (χ2n) is 7.42. The van der Waals surface area contributed by atoms with Crippen LogP contribution in [-0.2, 0) is 14.8 Å². The minimum atomic E-state index is -3.77. The van der Waals surface area contributed by atoms with Gasteiger partial charge in [0.2, 0.25) is 15.9 Å². The average Bonchev–Trinajstić information content (AvgIpc) is 2.78. The second-order valence-corrected chi connectivity index (χ2v) is 9.28. The molecule has 1 aliphatic rings. The summed E-state index contributed by atoms with van der Waals surface area (Å²) in [6, 6.07) is 14.0. The van der Waals surface area contributed by atoms with Crippen LogP contribution in [0, 0.1) is 0 Å². The van der Waals surface area contributed by atoms with Crippen LogP contribution < -0.4 is 18.7 Å². The lowest BCUT2D eigenvalue weighted by atomic mass is 10.2. The highest BCUT2D eigenvalue weighted by Gasteiger charge is 2.35. The Kier molecular flexibility index (Phi) is 6.94. The van der Waals surface area contributed by atoms with Crippen LogP contribution in [0.3, 0.4) is 0 Å². The molecule has 0 N–H and O–H groups in total. The summed E-state index contributed by atoms with van der Waals surface area (Å²) in [6.07, 6.45) is 1.09. The van der Waals surface area contributed by atoms with Gasteiger partial charge in [-0.3, -0.25) is 9.10 Å². The van der Waals surface area contributed by atoms with Crippen LogP contribution in [0.1, 0.15) is 6.92 Å². The van der Waals surface area contributed by atoms with E-state index in [4.69, 9.17) is 9.47 Å². The molecule has 8 nitrogen and oxygen atoms in total. The van der Waals surface area contributed by atoms with Crippen molar-refractivity contribution in [1.82, 2.24) is 4.90 Å². The summed E-state index contributed by atoms with van der Waals surface area (Å²) in [5.41, 5.74) is 1.38. The third kappa shape index (κ3) is 5.04.